The van der Waals surface area contributed by atoms with Crippen LogP contribution in [0.3, 0.4) is 0 Å². The van der Waals surface area contributed by atoms with Crippen LogP contribution in [0.25, 0.3) is 0 Å². The summed E-state index contributed by atoms with van der Waals surface area (Å²) in [5, 5.41) is 19.8. The monoisotopic (exact) mass is 774 g/mol. The Hall–Kier alpha value is -4.68. The Labute approximate surface area is 322 Å². The second-order valence-corrected chi connectivity index (χ2v) is 15.4. The number of ketones is 2. The lowest BCUT2D eigenvalue weighted by Crippen LogP contribution is -2.32. The maximum Gasteiger partial charge on any atom is 0.241 e. The third-order valence-corrected chi connectivity index (χ3v) is 10.9. The lowest BCUT2D eigenvalue weighted by atomic mass is 9.72. The number of ether oxygens (including phenoxy) is 3. The van der Waals surface area contributed by atoms with Gasteiger partial charge in [0.15, 0.2) is 23.0 Å². The average Bonchev–Trinajstić information content (AvgIpc) is 3.17. The molecule has 10 nitrogen and oxygen atoms in total. The molecule has 4 N–H and O–H groups in total. The van der Waals surface area contributed by atoms with E-state index in [1.54, 1.807) is 36.4 Å². The number of sulfonamides is 1. The van der Waals surface area contributed by atoms with Gasteiger partial charge in [0.1, 0.15) is 17.3 Å². The van der Waals surface area contributed by atoms with Crippen LogP contribution in [-0.2, 0) is 16.4 Å². The number of allylic oxidation sites excluding steroid dienone is 2. The van der Waals surface area contributed by atoms with Gasteiger partial charge >= 0.3 is 0 Å². The Bertz CT molecular complexity index is 2080. The fourth-order valence-electron chi connectivity index (χ4n) is 7.02. The molecule has 6 rings (SSSR count). The molecule has 0 aromatic heterocycles. The Morgan fingerprint density at radius 1 is 0.833 bits per heavy atom. The van der Waals surface area contributed by atoms with Crippen molar-refractivity contribution in [1.29, 1.82) is 0 Å². The van der Waals surface area contributed by atoms with Crippen LogP contribution in [0.15, 0.2) is 107 Å². The first-order chi connectivity index (χ1) is 25.9. The molecule has 0 bridgehead atoms. The molecule has 0 heterocycles. The van der Waals surface area contributed by atoms with Crippen LogP contribution in [0.5, 0.6) is 17.2 Å². The first-order valence-electron chi connectivity index (χ1n) is 18.1. The summed E-state index contributed by atoms with van der Waals surface area (Å²) in [6, 6.07) is 27.3. The molecule has 1 fully saturated rings. The number of nitrogens with one attached hydrogen (secondary N) is 1. The number of carbonyl (C=O) groups is 2. The lowest BCUT2D eigenvalue weighted by molar-refractivity contribution is 0.0914. The molecule has 286 valence electrons. The highest BCUT2D eigenvalue weighted by Crippen LogP contribution is 2.42. The number of benzene rings is 4. The minimum absolute atomic E-state index is 0.00411. The number of halogens is 1. The Morgan fingerprint density at radius 2 is 1.43 bits per heavy atom. The summed E-state index contributed by atoms with van der Waals surface area (Å²) in [6.45, 7) is 5.66. The van der Waals surface area contributed by atoms with E-state index in [2.05, 4.69) is 17.4 Å². The maximum absolute atomic E-state index is 12.9. The number of rotatable bonds is 13. The van der Waals surface area contributed by atoms with Gasteiger partial charge in [-0.3, -0.25) is 9.59 Å². The summed E-state index contributed by atoms with van der Waals surface area (Å²) in [4.78, 5) is 25.3. The van der Waals surface area contributed by atoms with E-state index in [-0.39, 0.29) is 34.1 Å². The van der Waals surface area contributed by atoms with Crippen LogP contribution in [0, 0.1) is 5.92 Å². The standard InChI is InChI=1S/C22H19ClO3.C20H28N2O5S/c23-16-11-9-14(10-12-16)13-5-7-15(8-6-13)19-20(24)17-3-1-2-4-18(17)21(25)22(19)26;1-4-26-17-7-5-6-8-18(17)27-12-11-22-15(2)13-16-9-10-19(25-3)20(14-16)28(21,23)24/h1-4,9-13,15,26H,5-8H2;5-10,14-15,22H,4,11-13H2,1-3H3,(H2,21,23,24)/t13-,15-;15-/m.1/s1. The summed E-state index contributed by atoms with van der Waals surface area (Å²) < 4.78 is 39.9. The second-order valence-electron chi connectivity index (χ2n) is 13.4. The van der Waals surface area contributed by atoms with Crippen LogP contribution >= 0.6 is 11.6 Å². The normalized spacial score (nSPS) is 17.6. The van der Waals surface area contributed by atoms with Crippen molar-refractivity contribution in [2.75, 3.05) is 26.9 Å². The van der Waals surface area contributed by atoms with E-state index in [9.17, 15) is 23.1 Å². The van der Waals surface area contributed by atoms with Crippen molar-refractivity contribution in [3.8, 4) is 17.2 Å². The van der Waals surface area contributed by atoms with Crippen molar-refractivity contribution in [1.82, 2.24) is 5.32 Å². The van der Waals surface area contributed by atoms with Crippen molar-refractivity contribution < 1.29 is 37.3 Å². The van der Waals surface area contributed by atoms with Gasteiger partial charge in [-0.15, -0.1) is 0 Å². The molecule has 0 spiro atoms. The van der Waals surface area contributed by atoms with Gasteiger partial charge < -0.3 is 24.6 Å². The zero-order chi connectivity index (χ0) is 38.8. The number of nitrogens with two attached hydrogens (primary N) is 1. The number of hydrogen-bond acceptors (Lipinski definition) is 9. The molecule has 1 atom stereocenters. The van der Waals surface area contributed by atoms with Gasteiger partial charge in [0, 0.05) is 34.3 Å². The van der Waals surface area contributed by atoms with Crippen molar-refractivity contribution >= 4 is 33.2 Å². The second kappa shape index (κ2) is 18.6. The summed E-state index contributed by atoms with van der Waals surface area (Å²) in [5.41, 5.74) is 3.12. The SMILES string of the molecule is CCOc1ccccc1OCCN[C@H](C)Cc1ccc(OC)c(S(N)(=O)=O)c1.O=C1C(O)=C([C@H]2CC[C@H](c3ccc(Cl)cc3)CC2)C(=O)c2ccccc21. The van der Waals surface area contributed by atoms with E-state index >= 15 is 0 Å². The van der Waals surface area contributed by atoms with Gasteiger partial charge in [-0.05, 0) is 105 Å². The molecule has 4 aromatic carbocycles. The Kier molecular flexibility index (Phi) is 13.9. The number of methoxy groups -OCH3 is 1. The molecule has 54 heavy (non-hydrogen) atoms. The van der Waals surface area contributed by atoms with Crippen LogP contribution < -0.4 is 24.7 Å². The Balaban J connectivity index is 0.000000208. The third kappa shape index (κ3) is 10.1. The highest BCUT2D eigenvalue weighted by molar-refractivity contribution is 7.89. The summed E-state index contributed by atoms with van der Waals surface area (Å²) in [7, 11) is -2.43. The number of aliphatic hydroxyl groups excluding tert-OH is 1. The van der Waals surface area contributed by atoms with Gasteiger partial charge in [-0.1, -0.05) is 66.2 Å². The van der Waals surface area contributed by atoms with Gasteiger partial charge in [0.05, 0.1) is 13.7 Å². The van der Waals surface area contributed by atoms with Crippen LogP contribution in [-0.4, -0.2) is 58.0 Å². The third-order valence-electron chi connectivity index (χ3n) is 9.69. The molecule has 0 unspecified atom stereocenters. The minimum Gasteiger partial charge on any atom is -0.504 e. The largest absolute Gasteiger partial charge is 0.504 e. The number of para-hydroxylation sites is 2. The predicted molar refractivity (Wildman–Crippen MR) is 210 cm³/mol. The first-order valence-corrected chi connectivity index (χ1v) is 20.0. The highest BCUT2D eigenvalue weighted by Gasteiger charge is 2.37. The molecular weight excluding hydrogens is 728 g/mol. The van der Waals surface area contributed by atoms with E-state index in [1.807, 2.05) is 56.3 Å². The average molecular weight is 775 g/mol. The van der Waals surface area contributed by atoms with Gasteiger partial charge in [0.25, 0.3) is 0 Å². The van der Waals surface area contributed by atoms with E-state index in [4.69, 9.17) is 31.0 Å². The molecule has 0 aliphatic heterocycles. The molecule has 0 radical (unpaired) electrons. The predicted octanol–water partition coefficient (Wildman–Crippen LogP) is 7.85. The number of carbonyl (C=O) groups excluding carboxylic acids is 2. The fourth-order valence-corrected chi connectivity index (χ4v) is 7.89. The summed E-state index contributed by atoms with van der Waals surface area (Å²) >= 11 is 5.96. The minimum atomic E-state index is -3.84. The highest BCUT2D eigenvalue weighted by atomic mass is 35.5. The molecule has 0 amide bonds. The van der Waals surface area contributed by atoms with E-state index in [0.717, 1.165) is 42.0 Å². The molecule has 2 aliphatic carbocycles. The van der Waals surface area contributed by atoms with Crippen molar-refractivity contribution in [3.63, 3.8) is 0 Å². The first kappa shape index (κ1) is 40.5. The summed E-state index contributed by atoms with van der Waals surface area (Å²) in [5.74, 6) is 1.05. The molecule has 4 aromatic rings. The van der Waals surface area contributed by atoms with Gasteiger partial charge in [-0.25, -0.2) is 13.6 Å². The number of Topliss-reactive ketones (excluding diaryl/α,β-unsaturated/α-hetero) is 2. The molecule has 2 aliphatic rings. The zero-order valence-electron chi connectivity index (χ0n) is 30.7. The summed E-state index contributed by atoms with van der Waals surface area (Å²) in [6.07, 6.45) is 4.06. The number of primary sulfonamides is 1. The van der Waals surface area contributed by atoms with Crippen LogP contribution in [0.1, 0.15) is 77.3 Å². The van der Waals surface area contributed by atoms with Crippen LogP contribution in [0.4, 0.5) is 0 Å². The maximum atomic E-state index is 12.9. The molecular formula is C42H47ClN2O8S. The zero-order valence-corrected chi connectivity index (χ0v) is 32.3. The van der Waals surface area contributed by atoms with Gasteiger partial charge in [0.2, 0.25) is 15.8 Å². The van der Waals surface area contributed by atoms with Crippen molar-refractivity contribution in [3.05, 3.63) is 130 Å². The molecule has 0 saturated heterocycles. The number of aliphatic hydroxyl groups is 1. The quantitative estimate of drug-likeness (QED) is 0.115. The topological polar surface area (TPSA) is 154 Å². The lowest BCUT2D eigenvalue weighted by Gasteiger charge is -2.31. The fraction of sp³-hybridized carbons (Fsp3) is 0.333. The number of fused-ring (bicyclic) bond motifs is 1. The molecule has 1 saturated carbocycles. The Morgan fingerprint density at radius 3 is 2.04 bits per heavy atom. The number of hydrogen-bond donors (Lipinski definition) is 3. The van der Waals surface area contributed by atoms with E-state index in [0.29, 0.717) is 54.5 Å². The van der Waals surface area contributed by atoms with Crippen LogP contribution in [0.2, 0.25) is 5.02 Å². The van der Waals surface area contributed by atoms with Crippen molar-refractivity contribution in [2.45, 2.75) is 62.8 Å². The van der Waals surface area contributed by atoms with Gasteiger partial charge in [-0.2, -0.15) is 0 Å². The van der Waals surface area contributed by atoms with Crippen molar-refractivity contribution in [2.24, 2.45) is 11.1 Å². The van der Waals surface area contributed by atoms with E-state index < -0.39 is 15.8 Å². The smallest absolute Gasteiger partial charge is 0.241 e. The van der Waals surface area contributed by atoms with E-state index in [1.165, 1.54) is 12.7 Å². The molecule has 12 heteroatoms.